The summed E-state index contributed by atoms with van der Waals surface area (Å²) < 4.78 is 37.1. The van der Waals surface area contributed by atoms with Crippen molar-refractivity contribution in [1.82, 2.24) is 4.98 Å². The molecule has 0 amide bonds. The number of carboxylic acid groups (broad SMARTS) is 1. The molecule has 2 rings (SSSR count). The van der Waals surface area contributed by atoms with Crippen LogP contribution in [0.3, 0.4) is 0 Å². The highest BCUT2D eigenvalue weighted by Crippen LogP contribution is 2.30. The van der Waals surface area contributed by atoms with Gasteiger partial charge in [0.15, 0.2) is 11.5 Å². The lowest BCUT2D eigenvalue weighted by Gasteiger charge is -2.11. The Bertz CT molecular complexity index is 835. The average molecular weight is 338 g/mol. The fourth-order valence-corrected chi connectivity index (χ4v) is 2.86. The number of ether oxygens (including phenoxy) is 2. The molecule has 0 saturated carbocycles. The van der Waals surface area contributed by atoms with E-state index in [9.17, 15) is 13.2 Å². The first-order valence-corrected chi connectivity index (χ1v) is 7.79. The molecular formula is C14H14N2O6S. The van der Waals surface area contributed by atoms with Crippen molar-refractivity contribution in [1.29, 1.82) is 0 Å². The highest BCUT2D eigenvalue weighted by molar-refractivity contribution is 7.92. The number of anilines is 1. The van der Waals surface area contributed by atoms with Gasteiger partial charge in [-0.05, 0) is 18.2 Å². The van der Waals surface area contributed by atoms with Crippen LogP contribution < -0.4 is 14.2 Å². The van der Waals surface area contributed by atoms with E-state index in [1.807, 2.05) is 0 Å². The molecule has 0 aliphatic carbocycles. The van der Waals surface area contributed by atoms with E-state index in [4.69, 9.17) is 14.6 Å². The van der Waals surface area contributed by atoms with Gasteiger partial charge >= 0.3 is 5.97 Å². The van der Waals surface area contributed by atoms with Crippen molar-refractivity contribution in [2.24, 2.45) is 0 Å². The molecule has 1 heterocycles. The Balaban J connectivity index is 2.35. The second-order valence-corrected chi connectivity index (χ2v) is 6.07. The van der Waals surface area contributed by atoms with E-state index in [2.05, 4.69) is 9.71 Å². The number of hydrogen-bond acceptors (Lipinski definition) is 6. The van der Waals surface area contributed by atoms with Crippen LogP contribution in [0.1, 0.15) is 10.4 Å². The van der Waals surface area contributed by atoms with Gasteiger partial charge in [0.25, 0.3) is 10.0 Å². The predicted molar refractivity (Wildman–Crippen MR) is 81.6 cm³/mol. The molecule has 8 nitrogen and oxygen atoms in total. The van der Waals surface area contributed by atoms with E-state index in [1.165, 1.54) is 44.7 Å². The van der Waals surface area contributed by atoms with Crippen LogP contribution in [0, 0.1) is 0 Å². The number of methoxy groups -OCH3 is 2. The van der Waals surface area contributed by atoms with Crippen molar-refractivity contribution in [3.8, 4) is 11.5 Å². The molecule has 122 valence electrons. The molecule has 0 aliphatic rings. The first-order valence-electron chi connectivity index (χ1n) is 6.30. The first-order chi connectivity index (χ1) is 10.9. The second-order valence-electron chi connectivity index (χ2n) is 4.39. The maximum absolute atomic E-state index is 12.4. The van der Waals surface area contributed by atoms with Crippen LogP contribution in [0.25, 0.3) is 0 Å². The zero-order valence-corrected chi connectivity index (χ0v) is 13.1. The molecule has 0 fully saturated rings. The summed E-state index contributed by atoms with van der Waals surface area (Å²) in [5.41, 5.74) is -0.0859. The van der Waals surface area contributed by atoms with Crippen molar-refractivity contribution < 1.29 is 27.8 Å². The summed E-state index contributed by atoms with van der Waals surface area (Å²) in [6.45, 7) is 0. The van der Waals surface area contributed by atoms with Crippen LogP contribution >= 0.6 is 0 Å². The summed E-state index contributed by atoms with van der Waals surface area (Å²) in [5.74, 6) is -0.557. The quantitative estimate of drug-likeness (QED) is 0.822. The number of benzene rings is 1. The molecule has 0 aliphatic heterocycles. The van der Waals surface area contributed by atoms with Gasteiger partial charge in [-0.15, -0.1) is 0 Å². The minimum absolute atomic E-state index is 0.0414. The number of aromatic carboxylic acids is 1. The van der Waals surface area contributed by atoms with Crippen molar-refractivity contribution in [3.05, 3.63) is 42.2 Å². The van der Waals surface area contributed by atoms with Crippen molar-refractivity contribution >= 4 is 21.7 Å². The predicted octanol–water partition coefficient (Wildman–Crippen LogP) is 1.60. The smallest absolute Gasteiger partial charge is 0.337 e. The molecule has 0 spiro atoms. The topological polar surface area (TPSA) is 115 Å². The highest BCUT2D eigenvalue weighted by atomic mass is 32.2. The van der Waals surface area contributed by atoms with Gasteiger partial charge in [0, 0.05) is 12.3 Å². The lowest BCUT2D eigenvalue weighted by molar-refractivity contribution is 0.0696. The number of aromatic nitrogens is 1. The Hall–Kier alpha value is -2.81. The molecule has 0 radical (unpaired) electrons. The van der Waals surface area contributed by atoms with Crippen molar-refractivity contribution in [2.45, 2.75) is 4.90 Å². The zero-order valence-electron chi connectivity index (χ0n) is 12.3. The highest BCUT2D eigenvalue weighted by Gasteiger charge is 2.18. The Morgan fingerprint density at radius 3 is 2.43 bits per heavy atom. The van der Waals surface area contributed by atoms with E-state index < -0.39 is 16.0 Å². The molecule has 2 N–H and O–H groups in total. The normalized spacial score (nSPS) is 10.9. The van der Waals surface area contributed by atoms with E-state index >= 15 is 0 Å². The number of carbonyl (C=O) groups is 1. The van der Waals surface area contributed by atoms with Crippen LogP contribution in [-0.4, -0.2) is 38.7 Å². The summed E-state index contributed by atoms with van der Waals surface area (Å²) in [6, 6.07) is 5.28. The molecule has 23 heavy (non-hydrogen) atoms. The maximum Gasteiger partial charge on any atom is 0.337 e. The van der Waals surface area contributed by atoms with Crippen LogP contribution in [0.5, 0.6) is 11.5 Å². The largest absolute Gasteiger partial charge is 0.493 e. The van der Waals surface area contributed by atoms with Gasteiger partial charge in [0.1, 0.15) is 0 Å². The number of rotatable bonds is 6. The van der Waals surface area contributed by atoms with Gasteiger partial charge in [0.05, 0.1) is 36.6 Å². The summed E-state index contributed by atoms with van der Waals surface area (Å²) in [5, 5.41) is 8.90. The molecule has 1 aromatic carbocycles. The number of hydrogen-bond donors (Lipinski definition) is 2. The Morgan fingerprint density at radius 1 is 1.13 bits per heavy atom. The van der Waals surface area contributed by atoms with Gasteiger partial charge < -0.3 is 14.6 Å². The first kappa shape index (κ1) is 16.6. The monoisotopic (exact) mass is 338 g/mol. The summed E-state index contributed by atoms with van der Waals surface area (Å²) in [7, 11) is -1.10. The van der Waals surface area contributed by atoms with E-state index in [-0.39, 0.29) is 21.9 Å². The van der Waals surface area contributed by atoms with Gasteiger partial charge in [-0.25, -0.2) is 13.2 Å². The van der Waals surface area contributed by atoms with Crippen LogP contribution in [0.15, 0.2) is 41.6 Å². The standard InChI is InChI=1S/C14H14N2O6S/c1-21-12-4-3-11(6-13(12)22-2)23(19,20)16-10-5-9(14(17)18)7-15-8-10/h3-8,16H,1-2H3,(H,17,18). The minimum atomic E-state index is -3.93. The summed E-state index contributed by atoms with van der Waals surface area (Å²) >= 11 is 0. The molecule has 0 saturated heterocycles. The Labute approximate surface area is 132 Å². The summed E-state index contributed by atoms with van der Waals surface area (Å²) in [6.07, 6.45) is 2.33. The van der Waals surface area contributed by atoms with E-state index in [1.54, 1.807) is 0 Å². The lowest BCUT2D eigenvalue weighted by atomic mass is 10.3. The third-order valence-corrected chi connectivity index (χ3v) is 4.28. The minimum Gasteiger partial charge on any atom is -0.493 e. The molecule has 0 bridgehead atoms. The SMILES string of the molecule is COc1ccc(S(=O)(=O)Nc2cncc(C(=O)O)c2)cc1OC. The van der Waals surface area contributed by atoms with E-state index in [0.717, 1.165) is 6.20 Å². The molecule has 9 heteroatoms. The number of nitrogens with zero attached hydrogens (tertiary/aromatic N) is 1. The number of carboxylic acids is 1. The van der Waals surface area contributed by atoms with Crippen molar-refractivity contribution in [3.63, 3.8) is 0 Å². The van der Waals surface area contributed by atoms with Gasteiger partial charge in [-0.2, -0.15) is 0 Å². The van der Waals surface area contributed by atoms with Crippen LogP contribution in [-0.2, 0) is 10.0 Å². The fourth-order valence-electron chi connectivity index (χ4n) is 1.81. The van der Waals surface area contributed by atoms with Gasteiger partial charge in [-0.3, -0.25) is 9.71 Å². The van der Waals surface area contributed by atoms with Gasteiger partial charge in [0.2, 0.25) is 0 Å². The Kier molecular flexibility index (Phi) is 4.70. The zero-order chi connectivity index (χ0) is 17.0. The second kappa shape index (κ2) is 6.53. The molecule has 0 atom stereocenters. The molecule has 0 unspecified atom stereocenters. The number of sulfonamides is 1. The molecule has 1 aromatic heterocycles. The third kappa shape index (κ3) is 3.69. The summed E-state index contributed by atoms with van der Waals surface area (Å²) in [4.78, 5) is 14.5. The fraction of sp³-hybridized carbons (Fsp3) is 0.143. The van der Waals surface area contributed by atoms with Gasteiger partial charge in [-0.1, -0.05) is 0 Å². The van der Waals surface area contributed by atoms with E-state index in [0.29, 0.717) is 5.75 Å². The third-order valence-electron chi connectivity index (χ3n) is 2.90. The van der Waals surface area contributed by atoms with Crippen molar-refractivity contribution in [2.75, 3.05) is 18.9 Å². The number of pyridine rings is 1. The van der Waals surface area contributed by atoms with Crippen LogP contribution in [0.2, 0.25) is 0 Å². The lowest BCUT2D eigenvalue weighted by Crippen LogP contribution is -2.14. The Morgan fingerprint density at radius 2 is 1.83 bits per heavy atom. The number of nitrogens with one attached hydrogen (secondary N) is 1. The molecular weight excluding hydrogens is 324 g/mol. The van der Waals surface area contributed by atoms with Crippen LogP contribution in [0.4, 0.5) is 5.69 Å². The average Bonchev–Trinajstić information content (AvgIpc) is 2.53. The maximum atomic E-state index is 12.4. The molecule has 2 aromatic rings.